The molecule has 0 aliphatic carbocycles. The molecule has 0 saturated carbocycles. The molecule has 1 aromatic carbocycles. The molecule has 0 bridgehead atoms. The topological polar surface area (TPSA) is 89.3 Å². The fourth-order valence-electron chi connectivity index (χ4n) is 1.72. The van der Waals surface area contributed by atoms with Gasteiger partial charge in [-0.05, 0) is 23.1 Å². The van der Waals surface area contributed by atoms with Crippen LogP contribution in [-0.2, 0) is 21.2 Å². The predicted molar refractivity (Wildman–Crippen MR) is 89.5 cm³/mol. The number of hydrogen-bond acceptors (Lipinski definition) is 4. The van der Waals surface area contributed by atoms with Crippen molar-refractivity contribution in [3.05, 3.63) is 43.5 Å². The van der Waals surface area contributed by atoms with Crippen LogP contribution in [0.3, 0.4) is 0 Å². The molecular weight excluding hydrogens is 391 g/mol. The lowest BCUT2D eigenvalue weighted by Crippen LogP contribution is -2.17. The van der Waals surface area contributed by atoms with E-state index >= 15 is 0 Å². The largest absolute Gasteiger partial charge is 0.369 e. The van der Waals surface area contributed by atoms with Gasteiger partial charge in [-0.1, -0.05) is 34.8 Å². The molecule has 0 spiro atoms. The highest BCUT2D eigenvalue weighted by Gasteiger charge is 2.24. The van der Waals surface area contributed by atoms with Gasteiger partial charge in [0.15, 0.2) is 0 Å². The van der Waals surface area contributed by atoms with Crippen LogP contribution in [-0.4, -0.2) is 14.3 Å². The summed E-state index contributed by atoms with van der Waals surface area (Å²) in [4.78, 5) is 10.7. The van der Waals surface area contributed by atoms with Crippen LogP contribution >= 0.6 is 46.1 Å². The second-order valence-electron chi connectivity index (χ2n) is 4.26. The van der Waals surface area contributed by atoms with Crippen molar-refractivity contribution in [1.82, 2.24) is 0 Å². The molecule has 22 heavy (non-hydrogen) atoms. The number of amides is 1. The Hall–Kier alpha value is -0.990. The monoisotopic (exact) mass is 398 g/mol. The Morgan fingerprint density at radius 2 is 1.77 bits per heavy atom. The molecule has 10 heteroatoms. The molecular formula is C12H9Cl3N2O3S2. The lowest BCUT2D eigenvalue weighted by molar-refractivity contribution is -0.117. The highest BCUT2D eigenvalue weighted by Crippen LogP contribution is 2.34. The van der Waals surface area contributed by atoms with E-state index in [0.29, 0.717) is 5.56 Å². The lowest BCUT2D eigenvalue weighted by Gasteiger charge is -2.11. The van der Waals surface area contributed by atoms with E-state index in [9.17, 15) is 13.2 Å². The number of carbonyl (C=O) groups is 1. The van der Waals surface area contributed by atoms with Crippen molar-refractivity contribution >= 4 is 67.8 Å². The molecule has 3 N–H and O–H groups in total. The van der Waals surface area contributed by atoms with Crippen molar-refractivity contribution in [3.8, 4) is 0 Å². The van der Waals surface area contributed by atoms with Crippen molar-refractivity contribution in [2.45, 2.75) is 11.3 Å². The molecule has 118 valence electrons. The van der Waals surface area contributed by atoms with Gasteiger partial charge < -0.3 is 5.73 Å². The number of carbonyl (C=O) groups excluding carboxylic acids is 1. The summed E-state index contributed by atoms with van der Waals surface area (Å²) in [6, 6.07) is 2.56. The van der Waals surface area contributed by atoms with Gasteiger partial charge in [-0.15, -0.1) is 11.3 Å². The Morgan fingerprint density at radius 1 is 1.18 bits per heavy atom. The fraction of sp³-hybridized carbons (Fsp3) is 0.0833. The van der Waals surface area contributed by atoms with Crippen molar-refractivity contribution < 1.29 is 13.2 Å². The van der Waals surface area contributed by atoms with Crippen LogP contribution < -0.4 is 10.5 Å². The Bertz CT molecular complexity index is 811. The molecule has 0 atom stereocenters. The smallest absolute Gasteiger partial charge is 0.264 e. The lowest BCUT2D eigenvalue weighted by atomic mass is 10.2. The van der Waals surface area contributed by atoms with E-state index in [1.54, 1.807) is 10.8 Å². The summed E-state index contributed by atoms with van der Waals surface area (Å²) in [5.74, 6) is -0.568. The Morgan fingerprint density at radius 3 is 2.32 bits per heavy atom. The van der Waals surface area contributed by atoms with Gasteiger partial charge >= 0.3 is 0 Å². The molecule has 1 aromatic heterocycles. The average Bonchev–Trinajstić information content (AvgIpc) is 2.72. The van der Waals surface area contributed by atoms with E-state index in [1.807, 2.05) is 0 Å². The number of hydrogen-bond donors (Lipinski definition) is 2. The molecule has 1 heterocycles. The van der Waals surface area contributed by atoms with Crippen LogP contribution in [0.1, 0.15) is 5.56 Å². The molecule has 2 rings (SSSR count). The van der Waals surface area contributed by atoms with Crippen LogP contribution in [0, 0.1) is 0 Å². The van der Waals surface area contributed by atoms with E-state index in [-0.39, 0.29) is 32.1 Å². The molecule has 5 nitrogen and oxygen atoms in total. The number of primary amides is 1. The maximum Gasteiger partial charge on any atom is 0.264 e. The number of nitrogens with two attached hydrogens (primary N) is 1. The summed E-state index contributed by atoms with van der Waals surface area (Å²) in [6.45, 7) is 0. The minimum Gasteiger partial charge on any atom is -0.369 e. The van der Waals surface area contributed by atoms with Crippen molar-refractivity contribution in [2.75, 3.05) is 4.72 Å². The van der Waals surface area contributed by atoms with Crippen molar-refractivity contribution in [1.29, 1.82) is 0 Å². The van der Waals surface area contributed by atoms with Gasteiger partial charge in [-0.3, -0.25) is 9.52 Å². The molecule has 0 radical (unpaired) electrons. The van der Waals surface area contributed by atoms with Crippen LogP contribution in [0.15, 0.2) is 27.8 Å². The van der Waals surface area contributed by atoms with E-state index in [4.69, 9.17) is 40.5 Å². The van der Waals surface area contributed by atoms with E-state index in [0.717, 1.165) is 0 Å². The van der Waals surface area contributed by atoms with Crippen molar-refractivity contribution in [2.24, 2.45) is 5.73 Å². The van der Waals surface area contributed by atoms with Gasteiger partial charge in [0.25, 0.3) is 10.0 Å². The first kappa shape index (κ1) is 17.4. The summed E-state index contributed by atoms with van der Waals surface area (Å²) in [5, 5.41) is 3.20. The maximum atomic E-state index is 12.5. The number of benzene rings is 1. The quantitative estimate of drug-likeness (QED) is 0.806. The number of thiophene rings is 1. The average molecular weight is 400 g/mol. The number of rotatable bonds is 5. The molecule has 0 saturated heterocycles. The predicted octanol–water partition coefficient (Wildman–Crippen LogP) is 3.54. The summed E-state index contributed by atoms with van der Waals surface area (Å²) < 4.78 is 27.3. The SMILES string of the molecule is NC(=O)Cc1cscc1NS(=O)(=O)c1c(Cl)cc(Cl)cc1Cl. The Balaban J connectivity index is 2.41. The minimum absolute atomic E-state index is 0.0799. The number of sulfonamides is 1. The van der Waals surface area contributed by atoms with E-state index < -0.39 is 15.9 Å². The van der Waals surface area contributed by atoms with E-state index in [2.05, 4.69) is 4.72 Å². The second-order valence-corrected chi connectivity index (χ2v) is 7.87. The molecule has 0 fully saturated rings. The standard InChI is InChI=1S/C12H9Cl3N2O3S2/c13-7-2-8(14)12(9(15)3-7)22(19,20)17-10-5-21-4-6(10)1-11(16)18/h2-5,17H,1H2,(H2,16,18). The molecule has 1 amide bonds. The maximum absolute atomic E-state index is 12.5. The zero-order valence-corrected chi connectivity index (χ0v) is 14.7. The van der Waals surface area contributed by atoms with Crippen LogP contribution in [0.2, 0.25) is 15.1 Å². The molecule has 0 unspecified atom stereocenters. The molecule has 0 aliphatic heterocycles. The van der Waals surface area contributed by atoms with E-state index in [1.165, 1.54) is 23.5 Å². The number of anilines is 1. The van der Waals surface area contributed by atoms with Gasteiger partial charge in [0.1, 0.15) is 4.90 Å². The number of halogens is 3. The normalized spacial score (nSPS) is 11.4. The fourth-order valence-corrected chi connectivity index (χ4v) is 5.22. The van der Waals surface area contributed by atoms with Gasteiger partial charge in [0.05, 0.1) is 22.2 Å². The zero-order chi connectivity index (χ0) is 16.5. The minimum atomic E-state index is -4.04. The highest BCUT2D eigenvalue weighted by molar-refractivity contribution is 7.93. The first-order chi connectivity index (χ1) is 10.2. The third-order valence-corrected chi connectivity index (χ3v) is 5.88. The van der Waals surface area contributed by atoms with Crippen LogP contribution in [0.4, 0.5) is 5.69 Å². The first-order valence-corrected chi connectivity index (χ1v) is 9.27. The van der Waals surface area contributed by atoms with Crippen LogP contribution in [0.5, 0.6) is 0 Å². The van der Waals surface area contributed by atoms with Crippen molar-refractivity contribution in [3.63, 3.8) is 0 Å². The molecule has 2 aromatic rings. The zero-order valence-electron chi connectivity index (χ0n) is 10.8. The highest BCUT2D eigenvalue weighted by atomic mass is 35.5. The number of nitrogens with one attached hydrogen (secondary N) is 1. The Kier molecular flexibility index (Phi) is 5.24. The Labute approximate surface area is 146 Å². The van der Waals surface area contributed by atoms with Crippen LogP contribution in [0.25, 0.3) is 0 Å². The van der Waals surface area contributed by atoms with Gasteiger partial charge in [0.2, 0.25) is 5.91 Å². The van der Waals surface area contributed by atoms with Gasteiger partial charge in [-0.25, -0.2) is 8.42 Å². The third kappa shape index (κ3) is 3.85. The van der Waals surface area contributed by atoms with Gasteiger partial charge in [-0.2, -0.15) is 0 Å². The molecule has 0 aliphatic rings. The summed E-state index contributed by atoms with van der Waals surface area (Å²) in [6.07, 6.45) is -0.0799. The summed E-state index contributed by atoms with van der Waals surface area (Å²) in [7, 11) is -4.04. The second kappa shape index (κ2) is 6.64. The summed E-state index contributed by atoms with van der Waals surface area (Å²) >= 11 is 18.8. The van der Waals surface area contributed by atoms with Gasteiger partial charge in [0, 0.05) is 10.4 Å². The first-order valence-electron chi connectivity index (χ1n) is 5.71. The summed E-state index contributed by atoms with van der Waals surface area (Å²) in [5.41, 5.74) is 5.85. The third-order valence-electron chi connectivity index (χ3n) is 2.58.